The van der Waals surface area contributed by atoms with Crippen LogP contribution in [0.3, 0.4) is 0 Å². The second-order valence-electron chi connectivity index (χ2n) is 10.5. The molecular formula is C29H36O15. The van der Waals surface area contributed by atoms with Gasteiger partial charge in [-0.15, -0.1) is 0 Å². The Balaban J connectivity index is 1.45. The van der Waals surface area contributed by atoms with Crippen LogP contribution in [0.15, 0.2) is 42.5 Å². The van der Waals surface area contributed by atoms with Gasteiger partial charge < -0.3 is 69.6 Å². The summed E-state index contributed by atoms with van der Waals surface area (Å²) in [6, 6.07) is 8.00. The minimum Gasteiger partial charge on any atom is -0.504 e. The first-order valence-electron chi connectivity index (χ1n) is 13.7. The maximum atomic E-state index is 12.7. The number of benzene rings is 2. The molecule has 0 radical (unpaired) electrons. The predicted octanol–water partition coefficient (Wildman–Crippen LogP) is -1.02. The Bertz CT molecular complexity index is 1300. The molecule has 9 N–H and O–H groups in total. The van der Waals surface area contributed by atoms with Crippen molar-refractivity contribution in [1.29, 1.82) is 0 Å². The second-order valence-corrected chi connectivity index (χ2v) is 10.5. The van der Waals surface area contributed by atoms with Crippen molar-refractivity contribution in [2.45, 2.75) is 74.8 Å². The van der Waals surface area contributed by atoms with Gasteiger partial charge >= 0.3 is 5.97 Å². The number of phenols is 4. The van der Waals surface area contributed by atoms with Gasteiger partial charge in [0.25, 0.3) is 0 Å². The van der Waals surface area contributed by atoms with Gasteiger partial charge in [0.15, 0.2) is 41.7 Å². The van der Waals surface area contributed by atoms with Crippen LogP contribution in [-0.4, -0.2) is 127 Å². The van der Waals surface area contributed by atoms with E-state index in [-0.39, 0.29) is 30.3 Å². The smallest absolute Gasteiger partial charge is 0.331 e. The van der Waals surface area contributed by atoms with E-state index in [2.05, 4.69) is 0 Å². The number of hydrogen-bond donors (Lipinski definition) is 9. The highest BCUT2D eigenvalue weighted by atomic mass is 16.7. The van der Waals surface area contributed by atoms with E-state index < -0.39 is 79.7 Å². The zero-order valence-corrected chi connectivity index (χ0v) is 23.5. The lowest BCUT2D eigenvalue weighted by Crippen LogP contribution is -2.62. The fraction of sp³-hybridized carbons (Fsp3) is 0.483. The molecule has 2 saturated heterocycles. The van der Waals surface area contributed by atoms with Crippen LogP contribution in [0.4, 0.5) is 0 Å². The number of ether oxygens (including phenoxy) is 5. The van der Waals surface area contributed by atoms with Gasteiger partial charge in [-0.2, -0.15) is 0 Å². The molecule has 0 aliphatic carbocycles. The third kappa shape index (κ3) is 7.95. The second kappa shape index (κ2) is 14.5. The summed E-state index contributed by atoms with van der Waals surface area (Å²) in [5.41, 5.74) is 0.927. The molecule has 44 heavy (non-hydrogen) atoms. The average molecular weight is 625 g/mol. The fourth-order valence-electron chi connectivity index (χ4n) is 4.66. The quantitative estimate of drug-likeness (QED) is 0.0873. The first-order valence-corrected chi connectivity index (χ1v) is 13.7. The largest absolute Gasteiger partial charge is 0.504 e. The molecule has 4 rings (SSSR count). The van der Waals surface area contributed by atoms with E-state index in [0.717, 1.165) is 6.08 Å². The maximum absolute atomic E-state index is 12.7. The number of aromatic hydroxyl groups is 4. The van der Waals surface area contributed by atoms with Crippen molar-refractivity contribution in [3.05, 3.63) is 53.6 Å². The topological polar surface area (TPSA) is 245 Å². The molecule has 2 aliphatic heterocycles. The summed E-state index contributed by atoms with van der Waals surface area (Å²) in [7, 11) is 0. The first kappa shape index (κ1) is 33.4. The summed E-state index contributed by atoms with van der Waals surface area (Å²) >= 11 is 0. The number of aliphatic hydroxyl groups excluding tert-OH is 5. The van der Waals surface area contributed by atoms with Crippen molar-refractivity contribution in [3.63, 3.8) is 0 Å². The maximum Gasteiger partial charge on any atom is 0.331 e. The Hall–Kier alpha value is -3.51. The molecule has 242 valence electrons. The van der Waals surface area contributed by atoms with Gasteiger partial charge in [0, 0.05) is 6.08 Å². The molecule has 15 nitrogen and oxygen atoms in total. The van der Waals surface area contributed by atoms with Crippen LogP contribution < -0.4 is 0 Å². The summed E-state index contributed by atoms with van der Waals surface area (Å²) in [4.78, 5) is 12.7. The van der Waals surface area contributed by atoms with Crippen LogP contribution in [0, 0.1) is 0 Å². The standard InChI is InChI=1S/C29H36O15/c1-13-22(35)23(36)25(38)29(42-13)41-12-20-27(44-21(34)7-4-14-2-5-16(30)18(32)10-14)24(37)26(39)28(43-20)40-9-8-15-3-6-17(31)19(33)11-15/h2-7,10-11,13,20,22-33,35-39H,8-9,12H2,1H3/b7-4+/t13-,20-,22-,23-,24+,25-,26-,27-,28-,29-/m1/s1. The van der Waals surface area contributed by atoms with Crippen LogP contribution in [0.1, 0.15) is 18.1 Å². The monoisotopic (exact) mass is 624 g/mol. The van der Waals surface area contributed by atoms with E-state index in [0.29, 0.717) is 11.1 Å². The van der Waals surface area contributed by atoms with E-state index >= 15 is 0 Å². The Labute approximate surface area is 251 Å². The third-order valence-electron chi connectivity index (χ3n) is 7.25. The summed E-state index contributed by atoms with van der Waals surface area (Å²) < 4.78 is 27.8. The molecule has 2 aromatic carbocycles. The molecule has 2 fully saturated rings. The van der Waals surface area contributed by atoms with E-state index in [9.17, 15) is 50.8 Å². The molecule has 0 saturated carbocycles. The van der Waals surface area contributed by atoms with Crippen molar-refractivity contribution in [1.82, 2.24) is 0 Å². The molecule has 15 heteroatoms. The minimum absolute atomic E-state index is 0.0645. The number of hydrogen-bond acceptors (Lipinski definition) is 15. The molecule has 0 bridgehead atoms. The lowest BCUT2D eigenvalue weighted by molar-refractivity contribution is -0.328. The van der Waals surface area contributed by atoms with Gasteiger partial charge in [-0.3, -0.25) is 0 Å². The fourth-order valence-corrected chi connectivity index (χ4v) is 4.66. The van der Waals surface area contributed by atoms with Crippen LogP contribution >= 0.6 is 0 Å². The van der Waals surface area contributed by atoms with Gasteiger partial charge in [0.2, 0.25) is 0 Å². The van der Waals surface area contributed by atoms with Crippen molar-refractivity contribution in [3.8, 4) is 23.0 Å². The van der Waals surface area contributed by atoms with Gasteiger partial charge in [0.1, 0.15) is 36.6 Å². The SMILES string of the molecule is C[C@H]1O[C@@H](OC[C@H]2O[C@@H](OCCc3ccc(O)c(O)c3)[C@H](O)[C@H](O)[C@@H]2OC(=O)/C=C/c2ccc(O)c(O)c2)[C@H](O)[C@H](O)[C@@H]1O. The number of aliphatic hydroxyl groups is 5. The van der Waals surface area contributed by atoms with Crippen LogP contribution in [-0.2, 0) is 34.9 Å². The van der Waals surface area contributed by atoms with E-state index in [4.69, 9.17) is 23.7 Å². The Morgan fingerprint density at radius 3 is 2.09 bits per heavy atom. The minimum atomic E-state index is -1.75. The van der Waals surface area contributed by atoms with Crippen molar-refractivity contribution < 1.29 is 74.4 Å². The average Bonchev–Trinajstić information content (AvgIpc) is 2.99. The van der Waals surface area contributed by atoms with Crippen molar-refractivity contribution in [2.75, 3.05) is 13.2 Å². The predicted molar refractivity (Wildman–Crippen MR) is 147 cm³/mol. The molecule has 0 aromatic heterocycles. The number of carbonyl (C=O) groups excluding carboxylic acids is 1. The van der Waals surface area contributed by atoms with Gasteiger partial charge in [-0.05, 0) is 54.8 Å². The Morgan fingerprint density at radius 1 is 0.773 bits per heavy atom. The normalized spacial score (nSPS) is 32.5. The Morgan fingerprint density at radius 2 is 1.41 bits per heavy atom. The van der Waals surface area contributed by atoms with E-state index in [1.165, 1.54) is 43.3 Å². The number of phenolic OH excluding ortho intramolecular Hbond substituents is 4. The molecule has 2 aliphatic rings. The van der Waals surface area contributed by atoms with E-state index in [1.807, 2.05) is 0 Å². The van der Waals surface area contributed by atoms with Gasteiger partial charge in [0.05, 0.1) is 19.3 Å². The highest BCUT2D eigenvalue weighted by molar-refractivity contribution is 5.87. The highest BCUT2D eigenvalue weighted by Crippen LogP contribution is 2.29. The lowest BCUT2D eigenvalue weighted by Gasteiger charge is -2.43. The number of rotatable bonds is 10. The van der Waals surface area contributed by atoms with Crippen LogP contribution in [0.25, 0.3) is 6.08 Å². The van der Waals surface area contributed by atoms with Crippen molar-refractivity contribution in [2.24, 2.45) is 0 Å². The summed E-state index contributed by atoms with van der Waals surface area (Å²) in [6.07, 6.45) is -12.2. The lowest BCUT2D eigenvalue weighted by atomic mass is 9.98. The van der Waals surface area contributed by atoms with Crippen molar-refractivity contribution >= 4 is 12.0 Å². The molecule has 2 aromatic rings. The summed E-state index contributed by atoms with van der Waals surface area (Å²) in [5.74, 6) is -2.37. The van der Waals surface area contributed by atoms with Gasteiger partial charge in [-0.1, -0.05) is 12.1 Å². The van der Waals surface area contributed by atoms with E-state index in [1.54, 1.807) is 6.07 Å². The molecule has 10 atom stereocenters. The molecular weight excluding hydrogens is 588 g/mol. The summed E-state index contributed by atoms with van der Waals surface area (Å²) in [6.45, 7) is 0.890. The number of esters is 1. The zero-order valence-electron chi connectivity index (χ0n) is 23.5. The summed E-state index contributed by atoms with van der Waals surface area (Å²) in [5, 5.41) is 90.3. The number of carbonyl (C=O) groups is 1. The third-order valence-corrected chi connectivity index (χ3v) is 7.25. The molecule has 0 spiro atoms. The first-order chi connectivity index (χ1) is 20.8. The van der Waals surface area contributed by atoms with Crippen LogP contribution in [0.5, 0.6) is 23.0 Å². The zero-order chi connectivity index (χ0) is 32.1. The molecule has 0 amide bonds. The van der Waals surface area contributed by atoms with Gasteiger partial charge in [-0.25, -0.2) is 4.79 Å². The molecule has 2 heterocycles. The van der Waals surface area contributed by atoms with Crippen LogP contribution in [0.2, 0.25) is 0 Å². The highest BCUT2D eigenvalue weighted by Gasteiger charge is 2.49. The Kier molecular flexibility index (Phi) is 11.0. The molecule has 0 unspecified atom stereocenters.